The molecule has 1 aromatic rings. The van der Waals surface area contributed by atoms with Crippen molar-refractivity contribution in [3.63, 3.8) is 0 Å². The fraction of sp³-hybridized carbons (Fsp3) is 0.696. The first kappa shape index (κ1) is 21.7. The molecule has 0 aliphatic carbocycles. The van der Waals surface area contributed by atoms with Crippen molar-refractivity contribution < 1.29 is 9.90 Å². The monoisotopic (exact) mass is 346 g/mol. The lowest BCUT2D eigenvalue weighted by Gasteiger charge is -2.19. The molecule has 1 rings (SSSR count). The Hall–Kier alpha value is -1.31. The first-order valence-electron chi connectivity index (χ1n) is 9.83. The zero-order chi connectivity index (χ0) is 19.1. The van der Waals surface area contributed by atoms with E-state index in [9.17, 15) is 9.90 Å². The zero-order valence-electron chi connectivity index (χ0n) is 17.2. The smallest absolute Gasteiger partial charge is 0.309 e. The summed E-state index contributed by atoms with van der Waals surface area (Å²) < 4.78 is 0. The summed E-state index contributed by atoms with van der Waals surface area (Å²) in [4.78, 5) is 11.2. The van der Waals surface area contributed by atoms with E-state index >= 15 is 0 Å². The van der Waals surface area contributed by atoms with E-state index in [1.54, 1.807) is 0 Å². The summed E-state index contributed by atoms with van der Waals surface area (Å²) in [6.45, 7) is 12.7. The Bertz CT molecular complexity index is 550. The highest BCUT2D eigenvalue weighted by Gasteiger charge is 2.26. The fourth-order valence-electron chi connectivity index (χ4n) is 3.19. The molecule has 1 aromatic carbocycles. The van der Waals surface area contributed by atoms with Crippen LogP contribution in [-0.4, -0.2) is 11.1 Å². The average molecular weight is 347 g/mol. The molecule has 0 unspecified atom stereocenters. The first-order chi connectivity index (χ1) is 11.5. The van der Waals surface area contributed by atoms with E-state index in [0.29, 0.717) is 5.41 Å². The van der Waals surface area contributed by atoms with Gasteiger partial charge in [-0.2, -0.15) is 0 Å². The van der Waals surface area contributed by atoms with E-state index < -0.39 is 11.4 Å². The molecule has 0 fully saturated rings. The van der Waals surface area contributed by atoms with Crippen LogP contribution < -0.4 is 0 Å². The molecule has 0 atom stereocenters. The Balaban J connectivity index is 2.52. The van der Waals surface area contributed by atoms with Gasteiger partial charge < -0.3 is 5.11 Å². The van der Waals surface area contributed by atoms with Gasteiger partial charge in [-0.1, -0.05) is 57.4 Å². The van der Waals surface area contributed by atoms with Crippen molar-refractivity contribution in [2.24, 2.45) is 10.8 Å². The number of unbranched alkanes of at least 4 members (excludes halogenated alkanes) is 2. The third-order valence-electron chi connectivity index (χ3n) is 5.06. The standard InChI is InChI=1S/C23H38O2/c1-18-13-14-19(11-7-9-15-22(2,3)4)20(17-18)12-8-10-16-23(5,6)21(24)25/h13-14,17H,7-12,15-16H2,1-6H3,(H,24,25). The Labute approximate surface area is 155 Å². The van der Waals surface area contributed by atoms with Crippen LogP contribution in [0.4, 0.5) is 0 Å². The van der Waals surface area contributed by atoms with Gasteiger partial charge in [-0.3, -0.25) is 4.79 Å². The minimum Gasteiger partial charge on any atom is -0.481 e. The Morgan fingerprint density at radius 3 is 2.00 bits per heavy atom. The van der Waals surface area contributed by atoms with Gasteiger partial charge in [-0.05, 0) is 75.8 Å². The molecule has 142 valence electrons. The molecule has 2 heteroatoms. The molecule has 0 saturated heterocycles. The maximum Gasteiger partial charge on any atom is 0.309 e. The number of aliphatic carboxylic acids is 1. The van der Waals surface area contributed by atoms with Crippen molar-refractivity contribution >= 4 is 5.97 Å². The largest absolute Gasteiger partial charge is 0.481 e. The summed E-state index contributed by atoms with van der Waals surface area (Å²) in [5, 5.41) is 9.22. The van der Waals surface area contributed by atoms with E-state index in [0.717, 1.165) is 32.1 Å². The van der Waals surface area contributed by atoms with Crippen molar-refractivity contribution in [1.82, 2.24) is 0 Å². The summed E-state index contributed by atoms with van der Waals surface area (Å²) in [6.07, 6.45) is 8.81. The molecule has 0 aliphatic rings. The van der Waals surface area contributed by atoms with Crippen LogP contribution in [0.15, 0.2) is 18.2 Å². The molecule has 1 N–H and O–H groups in total. The second kappa shape index (κ2) is 9.40. The van der Waals surface area contributed by atoms with Gasteiger partial charge in [0, 0.05) is 0 Å². The molecule has 0 saturated carbocycles. The summed E-state index contributed by atoms with van der Waals surface area (Å²) in [5.41, 5.74) is 4.08. The van der Waals surface area contributed by atoms with E-state index in [2.05, 4.69) is 45.9 Å². The minimum absolute atomic E-state index is 0.424. The minimum atomic E-state index is -0.692. The van der Waals surface area contributed by atoms with Crippen LogP contribution >= 0.6 is 0 Å². The number of hydrogen-bond donors (Lipinski definition) is 1. The lowest BCUT2D eigenvalue weighted by atomic mass is 9.86. The predicted octanol–water partition coefficient (Wildman–Crippen LogP) is 6.58. The molecule has 2 nitrogen and oxygen atoms in total. The van der Waals surface area contributed by atoms with E-state index in [-0.39, 0.29) is 0 Å². The molecular weight excluding hydrogens is 308 g/mol. The van der Waals surface area contributed by atoms with E-state index in [4.69, 9.17) is 0 Å². The zero-order valence-corrected chi connectivity index (χ0v) is 17.2. The molecule has 0 aromatic heterocycles. The normalized spacial score (nSPS) is 12.4. The molecule has 0 spiro atoms. The summed E-state index contributed by atoms with van der Waals surface area (Å²) in [7, 11) is 0. The van der Waals surface area contributed by atoms with Crippen LogP contribution in [0.1, 0.15) is 89.8 Å². The third kappa shape index (κ3) is 8.56. The SMILES string of the molecule is Cc1ccc(CCCCC(C)(C)C)c(CCCCC(C)(C)C(=O)O)c1. The van der Waals surface area contributed by atoms with Gasteiger partial charge in [0.15, 0.2) is 0 Å². The maximum absolute atomic E-state index is 11.2. The highest BCUT2D eigenvalue weighted by molar-refractivity contribution is 5.73. The van der Waals surface area contributed by atoms with Crippen LogP contribution in [0, 0.1) is 17.8 Å². The van der Waals surface area contributed by atoms with Crippen LogP contribution in [0.3, 0.4) is 0 Å². The van der Waals surface area contributed by atoms with E-state index in [1.165, 1.54) is 36.0 Å². The van der Waals surface area contributed by atoms with E-state index in [1.807, 2.05) is 13.8 Å². The van der Waals surface area contributed by atoms with Gasteiger partial charge in [-0.15, -0.1) is 0 Å². The van der Waals surface area contributed by atoms with Crippen molar-refractivity contribution in [3.05, 3.63) is 34.9 Å². The number of hydrogen-bond acceptors (Lipinski definition) is 1. The fourth-order valence-corrected chi connectivity index (χ4v) is 3.19. The molecule has 0 heterocycles. The van der Waals surface area contributed by atoms with Crippen LogP contribution in [0.5, 0.6) is 0 Å². The maximum atomic E-state index is 11.2. The summed E-state index contributed by atoms with van der Waals surface area (Å²) >= 11 is 0. The van der Waals surface area contributed by atoms with Crippen molar-refractivity contribution in [2.75, 3.05) is 0 Å². The second-order valence-electron chi connectivity index (χ2n) is 9.44. The molecule has 0 aliphatic heterocycles. The lowest BCUT2D eigenvalue weighted by molar-refractivity contribution is -0.147. The highest BCUT2D eigenvalue weighted by Crippen LogP contribution is 2.26. The lowest BCUT2D eigenvalue weighted by Crippen LogP contribution is -2.23. The van der Waals surface area contributed by atoms with Gasteiger partial charge in [0.05, 0.1) is 5.41 Å². The highest BCUT2D eigenvalue weighted by atomic mass is 16.4. The number of aryl methyl sites for hydroxylation is 3. The van der Waals surface area contributed by atoms with Gasteiger partial charge in [0.25, 0.3) is 0 Å². The third-order valence-corrected chi connectivity index (χ3v) is 5.06. The molecule has 0 bridgehead atoms. The van der Waals surface area contributed by atoms with Crippen LogP contribution in [0.25, 0.3) is 0 Å². The van der Waals surface area contributed by atoms with Gasteiger partial charge in [-0.25, -0.2) is 0 Å². The number of rotatable bonds is 10. The Morgan fingerprint density at radius 2 is 1.44 bits per heavy atom. The first-order valence-corrected chi connectivity index (χ1v) is 9.83. The quantitative estimate of drug-likeness (QED) is 0.486. The predicted molar refractivity (Wildman–Crippen MR) is 107 cm³/mol. The number of benzene rings is 1. The van der Waals surface area contributed by atoms with Crippen molar-refractivity contribution in [1.29, 1.82) is 0 Å². The Morgan fingerprint density at radius 1 is 0.880 bits per heavy atom. The van der Waals surface area contributed by atoms with Gasteiger partial charge in [0.2, 0.25) is 0 Å². The van der Waals surface area contributed by atoms with Crippen LogP contribution in [0.2, 0.25) is 0 Å². The topological polar surface area (TPSA) is 37.3 Å². The molecule has 0 amide bonds. The van der Waals surface area contributed by atoms with Crippen LogP contribution in [-0.2, 0) is 17.6 Å². The average Bonchev–Trinajstić information content (AvgIpc) is 2.48. The number of carboxylic acid groups (broad SMARTS) is 1. The summed E-state index contributed by atoms with van der Waals surface area (Å²) in [5.74, 6) is -0.692. The van der Waals surface area contributed by atoms with Crippen molar-refractivity contribution in [3.8, 4) is 0 Å². The molecular formula is C23H38O2. The second-order valence-corrected chi connectivity index (χ2v) is 9.44. The number of carbonyl (C=O) groups is 1. The Kier molecular flexibility index (Phi) is 8.18. The number of carboxylic acids is 1. The molecule has 0 radical (unpaired) electrons. The van der Waals surface area contributed by atoms with Gasteiger partial charge in [0.1, 0.15) is 0 Å². The van der Waals surface area contributed by atoms with Crippen molar-refractivity contribution in [2.45, 2.75) is 92.9 Å². The summed E-state index contributed by atoms with van der Waals surface area (Å²) in [6, 6.07) is 6.83. The van der Waals surface area contributed by atoms with Gasteiger partial charge >= 0.3 is 5.97 Å². The molecule has 25 heavy (non-hydrogen) atoms.